The number of para-hydroxylation sites is 1. The lowest BCUT2D eigenvalue weighted by atomic mass is 9.99. The second-order valence-electron chi connectivity index (χ2n) is 5.40. The fourth-order valence-corrected chi connectivity index (χ4v) is 2.69. The first kappa shape index (κ1) is 11.5. The van der Waals surface area contributed by atoms with E-state index in [0.29, 0.717) is 12.0 Å². The molecule has 0 spiro atoms. The summed E-state index contributed by atoms with van der Waals surface area (Å²) in [4.78, 5) is 0. The molecular formula is C15H23N. The molecule has 0 saturated heterocycles. The third kappa shape index (κ3) is 2.40. The van der Waals surface area contributed by atoms with E-state index in [1.165, 1.54) is 30.5 Å². The van der Waals surface area contributed by atoms with Gasteiger partial charge >= 0.3 is 0 Å². The summed E-state index contributed by atoms with van der Waals surface area (Å²) in [5.74, 6) is 1.42. The second kappa shape index (κ2) is 4.90. The minimum absolute atomic E-state index is 0.598. The van der Waals surface area contributed by atoms with Gasteiger partial charge in [-0.25, -0.2) is 0 Å². The Balaban J connectivity index is 2.14. The topological polar surface area (TPSA) is 12.0 Å². The number of rotatable bonds is 3. The average molecular weight is 217 g/mol. The van der Waals surface area contributed by atoms with Crippen LogP contribution in [-0.4, -0.2) is 6.04 Å². The molecule has 2 rings (SSSR count). The van der Waals surface area contributed by atoms with E-state index in [9.17, 15) is 0 Å². The van der Waals surface area contributed by atoms with Crippen LogP contribution in [0, 0.1) is 5.92 Å². The molecule has 0 aromatic heterocycles. The Morgan fingerprint density at radius 3 is 2.56 bits per heavy atom. The Morgan fingerprint density at radius 1 is 1.19 bits per heavy atom. The zero-order chi connectivity index (χ0) is 11.5. The molecule has 1 aliphatic carbocycles. The molecule has 1 fully saturated rings. The van der Waals surface area contributed by atoms with Crippen LogP contribution in [0.25, 0.3) is 0 Å². The molecule has 2 atom stereocenters. The van der Waals surface area contributed by atoms with Crippen LogP contribution in [0.5, 0.6) is 0 Å². The molecule has 1 aliphatic rings. The average Bonchev–Trinajstić information content (AvgIpc) is 2.65. The summed E-state index contributed by atoms with van der Waals surface area (Å²) < 4.78 is 0. The number of nitrogens with one attached hydrogen (secondary N) is 1. The van der Waals surface area contributed by atoms with E-state index in [-0.39, 0.29) is 0 Å². The van der Waals surface area contributed by atoms with Crippen LogP contribution < -0.4 is 5.32 Å². The Kier molecular flexibility index (Phi) is 3.52. The van der Waals surface area contributed by atoms with Crippen LogP contribution in [0.1, 0.15) is 51.5 Å². The molecule has 1 aromatic carbocycles. The van der Waals surface area contributed by atoms with E-state index >= 15 is 0 Å². The monoisotopic (exact) mass is 217 g/mol. The summed E-state index contributed by atoms with van der Waals surface area (Å²) in [5, 5.41) is 3.74. The molecule has 16 heavy (non-hydrogen) atoms. The van der Waals surface area contributed by atoms with Gasteiger partial charge in [-0.15, -0.1) is 0 Å². The highest BCUT2D eigenvalue weighted by molar-refractivity contribution is 5.53. The predicted octanol–water partition coefficient (Wildman–Crippen LogP) is 4.41. The third-order valence-corrected chi connectivity index (χ3v) is 3.79. The van der Waals surface area contributed by atoms with Crippen LogP contribution in [0.15, 0.2) is 24.3 Å². The summed E-state index contributed by atoms with van der Waals surface area (Å²) in [6, 6.07) is 9.42. The van der Waals surface area contributed by atoms with Crippen molar-refractivity contribution in [3.05, 3.63) is 29.8 Å². The van der Waals surface area contributed by atoms with Crippen molar-refractivity contribution in [1.29, 1.82) is 0 Å². The highest BCUT2D eigenvalue weighted by Crippen LogP contribution is 2.31. The molecule has 1 heteroatoms. The number of benzene rings is 1. The molecule has 1 aromatic rings. The first-order valence-corrected chi connectivity index (χ1v) is 6.54. The van der Waals surface area contributed by atoms with Gasteiger partial charge in [0.05, 0.1) is 0 Å². The van der Waals surface area contributed by atoms with Gasteiger partial charge in [-0.05, 0) is 36.3 Å². The Hall–Kier alpha value is -0.980. The summed E-state index contributed by atoms with van der Waals surface area (Å²) in [6.45, 7) is 6.89. The molecule has 1 saturated carbocycles. The summed E-state index contributed by atoms with van der Waals surface area (Å²) in [7, 11) is 0. The number of hydrogen-bond acceptors (Lipinski definition) is 1. The maximum Gasteiger partial charge on any atom is 0.0377 e. The van der Waals surface area contributed by atoms with Gasteiger partial charge in [-0.1, -0.05) is 45.4 Å². The van der Waals surface area contributed by atoms with Crippen molar-refractivity contribution in [2.24, 2.45) is 5.92 Å². The molecule has 2 unspecified atom stereocenters. The largest absolute Gasteiger partial charge is 0.382 e. The molecule has 0 bridgehead atoms. The SMILES string of the molecule is CC(C)c1ccccc1NC1CCCC1C. The molecule has 1 nitrogen and oxygen atoms in total. The Labute approximate surface area is 99.3 Å². The zero-order valence-electron chi connectivity index (χ0n) is 10.7. The van der Waals surface area contributed by atoms with Gasteiger partial charge in [-0.2, -0.15) is 0 Å². The van der Waals surface area contributed by atoms with E-state index in [2.05, 4.69) is 50.4 Å². The van der Waals surface area contributed by atoms with Gasteiger partial charge < -0.3 is 5.32 Å². The molecule has 0 radical (unpaired) electrons. The molecular weight excluding hydrogens is 194 g/mol. The number of hydrogen-bond donors (Lipinski definition) is 1. The molecule has 88 valence electrons. The highest BCUT2D eigenvalue weighted by atomic mass is 14.9. The quantitative estimate of drug-likeness (QED) is 0.790. The van der Waals surface area contributed by atoms with E-state index in [0.717, 1.165) is 5.92 Å². The third-order valence-electron chi connectivity index (χ3n) is 3.79. The van der Waals surface area contributed by atoms with E-state index in [4.69, 9.17) is 0 Å². The van der Waals surface area contributed by atoms with Gasteiger partial charge in [0, 0.05) is 11.7 Å². The van der Waals surface area contributed by atoms with Crippen molar-refractivity contribution >= 4 is 5.69 Å². The van der Waals surface area contributed by atoms with Crippen molar-refractivity contribution in [3.8, 4) is 0 Å². The van der Waals surface area contributed by atoms with Crippen LogP contribution in [0.2, 0.25) is 0 Å². The Bertz CT molecular complexity index is 343. The van der Waals surface area contributed by atoms with Crippen molar-refractivity contribution < 1.29 is 0 Å². The predicted molar refractivity (Wildman–Crippen MR) is 71.0 cm³/mol. The lowest BCUT2D eigenvalue weighted by molar-refractivity contribution is 0.555. The van der Waals surface area contributed by atoms with Crippen molar-refractivity contribution in [1.82, 2.24) is 0 Å². The highest BCUT2D eigenvalue weighted by Gasteiger charge is 2.23. The lowest BCUT2D eigenvalue weighted by Gasteiger charge is -2.22. The van der Waals surface area contributed by atoms with Crippen molar-refractivity contribution in [2.75, 3.05) is 5.32 Å². The molecule has 0 amide bonds. The van der Waals surface area contributed by atoms with Crippen LogP contribution in [0.4, 0.5) is 5.69 Å². The van der Waals surface area contributed by atoms with Gasteiger partial charge in [-0.3, -0.25) is 0 Å². The fraction of sp³-hybridized carbons (Fsp3) is 0.600. The smallest absolute Gasteiger partial charge is 0.0377 e. The standard InChI is InChI=1S/C15H23N/c1-11(2)13-8-4-5-9-15(13)16-14-10-6-7-12(14)3/h4-5,8-9,11-12,14,16H,6-7,10H2,1-3H3. The zero-order valence-corrected chi connectivity index (χ0v) is 10.7. The second-order valence-corrected chi connectivity index (χ2v) is 5.40. The summed E-state index contributed by atoms with van der Waals surface area (Å²) in [5.41, 5.74) is 2.79. The molecule has 1 N–H and O–H groups in total. The first-order chi connectivity index (χ1) is 7.68. The van der Waals surface area contributed by atoms with Crippen molar-refractivity contribution in [3.63, 3.8) is 0 Å². The minimum atomic E-state index is 0.598. The maximum atomic E-state index is 3.74. The van der Waals surface area contributed by atoms with Crippen molar-refractivity contribution in [2.45, 2.75) is 52.0 Å². The minimum Gasteiger partial charge on any atom is -0.382 e. The molecule has 0 heterocycles. The van der Waals surface area contributed by atoms with Gasteiger partial charge in [0.2, 0.25) is 0 Å². The maximum absolute atomic E-state index is 3.74. The normalized spacial score (nSPS) is 25.0. The van der Waals surface area contributed by atoms with Gasteiger partial charge in [0.25, 0.3) is 0 Å². The van der Waals surface area contributed by atoms with Gasteiger partial charge in [0.1, 0.15) is 0 Å². The lowest BCUT2D eigenvalue weighted by Crippen LogP contribution is -2.22. The van der Waals surface area contributed by atoms with E-state index < -0.39 is 0 Å². The van der Waals surface area contributed by atoms with E-state index in [1.807, 2.05) is 0 Å². The van der Waals surface area contributed by atoms with Crippen LogP contribution in [-0.2, 0) is 0 Å². The molecule has 0 aliphatic heterocycles. The van der Waals surface area contributed by atoms with E-state index in [1.54, 1.807) is 0 Å². The number of anilines is 1. The summed E-state index contributed by atoms with van der Waals surface area (Å²) >= 11 is 0. The van der Waals surface area contributed by atoms with Crippen LogP contribution in [0.3, 0.4) is 0 Å². The Morgan fingerprint density at radius 2 is 1.94 bits per heavy atom. The summed E-state index contributed by atoms with van der Waals surface area (Å²) in [6.07, 6.45) is 4.08. The fourth-order valence-electron chi connectivity index (χ4n) is 2.69. The van der Waals surface area contributed by atoms with Gasteiger partial charge in [0.15, 0.2) is 0 Å². The first-order valence-electron chi connectivity index (χ1n) is 6.54. The van der Waals surface area contributed by atoms with Crippen LogP contribution >= 0.6 is 0 Å².